The summed E-state index contributed by atoms with van der Waals surface area (Å²) in [5.74, 6) is 1.27. The molecule has 4 rings (SSSR count). The van der Waals surface area contributed by atoms with Gasteiger partial charge in [-0.2, -0.15) is 0 Å². The molecule has 0 radical (unpaired) electrons. The summed E-state index contributed by atoms with van der Waals surface area (Å²) in [6.45, 7) is 0.378. The van der Waals surface area contributed by atoms with E-state index in [0.717, 1.165) is 15.5 Å². The summed E-state index contributed by atoms with van der Waals surface area (Å²) in [6, 6.07) is 23.8. The summed E-state index contributed by atoms with van der Waals surface area (Å²) >= 11 is 2.83. The van der Waals surface area contributed by atoms with Crippen LogP contribution in [0.4, 0.5) is 0 Å². The Hall–Kier alpha value is -3.22. The van der Waals surface area contributed by atoms with Crippen LogP contribution in [0.25, 0.3) is 0 Å². The molecule has 0 bridgehead atoms. The van der Waals surface area contributed by atoms with Crippen LogP contribution in [-0.4, -0.2) is 11.7 Å². The molecule has 0 spiro atoms. The lowest BCUT2D eigenvalue weighted by Crippen LogP contribution is -2.22. The van der Waals surface area contributed by atoms with Gasteiger partial charge in [0.1, 0.15) is 11.5 Å². The minimum Gasteiger partial charge on any atom is -0.457 e. The molecule has 6 heteroatoms. The molecule has 1 amide bonds. The predicted octanol–water partition coefficient (Wildman–Crippen LogP) is 5.76. The van der Waals surface area contributed by atoms with Gasteiger partial charge in [0.25, 0.3) is 5.91 Å². The highest BCUT2D eigenvalue weighted by molar-refractivity contribution is 7.16. The van der Waals surface area contributed by atoms with E-state index in [1.807, 2.05) is 60.0 Å². The summed E-state index contributed by atoms with van der Waals surface area (Å²) in [6.07, 6.45) is 0. The number of carbonyl (C=O) groups excluding carboxylic acids is 2. The molecule has 0 fully saturated rings. The first kappa shape index (κ1) is 19.1. The summed E-state index contributed by atoms with van der Waals surface area (Å²) in [7, 11) is 0. The molecule has 1 N–H and O–H groups in total. The topological polar surface area (TPSA) is 55.4 Å². The van der Waals surface area contributed by atoms with E-state index in [1.54, 1.807) is 24.3 Å². The zero-order valence-electron chi connectivity index (χ0n) is 15.3. The highest BCUT2D eigenvalue weighted by atomic mass is 32.1. The molecular formula is C23H17NO3S2. The van der Waals surface area contributed by atoms with E-state index in [1.165, 1.54) is 22.7 Å². The number of amides is 1. The Bertz CT molecular complexity index is 1100. The minimum atomic E-state index is -0.171. The van der Waals surface area contributed by atoms with E-state index in [9.17, 15) is 9.59 Å². The third-order valence-electron chi connectivity index (χ3n) is 4.15. The molecule has 29 heavy (non-hydrogen) atoms. The van der Waals surface area contributed by atoms with Gasteiger partial charge in [0.15, 0.2) is 0 Å². The zero-order chi connectivity index (χ0) is 20.1. The SMILES string of the molecule is O=C(NCc1ccc(C(=O)c2cccs2)s1)c1ccc(Oc2ccccc2)cc1. The van der Waals surface area contributed by atoms with Crippen molar-refractivity contribution in [3.05, 3.63) is 104 Å². The molecule has 0 saturated carbocycles. The third-order valence-corrected chi connectivity index (χ3v) is 6.10. The quantitative estimate of drug-likeness (QED) is 0.387. The van der Waals surface area contributed by atoms with E-state index in [0.29, 0.717) is 22.7 Å². The number of hydrogen-bond acceptors (Lipinski definition) is 5. The summed E-state index contributed by atoms with van der Waals surface area (Å²) < 4.78 is 5.74. The lowest BCUT2D eigenvalue weighted by atomic mass is 10.2. The van der Waals surface area contributed by atoms with Crippen molar-refractivity contribution in [1.82, 2.24) is 5.32 Å². The Labute approximate surface area is 176 Å². The third kappa shape index (κ3) is 4.80. The fraction of sp³-hybridized carbons (Fsp3) is 0.0435. The smallest absolute Gasteiger partial charge is 0.251 e. The largest absolute Gasteiger partial charge is 0.457 e. The van der Waals surface area contributed by atoms with Gasteiger partial charge >= 0.3 is 0 Å². The number of rotatable bonds is 7. The molecule has 2 heterocycles. The lowest BCUT2D eigenvalue weighted by molar-refractivity contribution is 0.0950. The monoisotopic (exact) mass is 419 g/mol. The number of hydrogen-bond donors (Lipinski definition) is 1. The van der Waals surface area contributed by atoms with Gasteiger partial charge in [-0.3, -0.25) is 9.59 Å². The Morgan fingerprint density at radius 1 is 0.793 bits per heavy atom. The van der Waals surface area contributed by atoms with Crippen molar-refractivity contribution in [2.75, 3.05) is 0 Å². The van der Waals surface area contributed by atoms with Crippen LogP contribution in [0.15, 0.2) is 84.2 Å². The van der Waals surface area contributed by atoms with Gasteiger partial charge in [0.05, 0.1) is 16.3 Å². The maximum Gasteiger partial charge on any atom is 0.251 e. The molecule has 0 aliphatic rings. The van der Waals surface area contributed by atoms with E-state index < -0.39 is 0 Å². The molecule has 0 aliphatic heterocycles. The van der Waals surface area contributed by atoms with Gasteiger partial charge in [-0.05, 0) is 60.0 Å². The van der Waals surface area contributed by atoms with Gasteiger partial charge < -0.3 is 10.1 Å². The standard InChI is InChI=1S/C23H17NO3S2/c25-22(20-7-4-14-28-20)21-13-12-19(29-21)15-24-23(26)16-8-10-18(11-9-16)27-17-5-2-1-3-6-17/h1-14H,15H2,(H,24,26). The number of ketones is 1. The Balaban J connectivity index is 1.33. The number of benzene rings is 2. The molecule has 144 valence electrons. The minimum absolute atomic E-state index is 0.0246. The van der Waals surface area contributed by atoms with Crippen LogP contribution >= 0.6 is 22.7 Å². The normalized spacial score (nSPS) is 10.5. The van der Waals surface area contributed by atoms with E-state index in [4.69, 9.17) is 4.74 Å². The number of para-hydroxylation sites is 1. The van der Waals surface area contributed by atoms with Crippen molar-refractivity contribution in [1.29, 1.82) is 0 Å². The van der Waals surface area contributed by atoms with Crippen LogP contribution in [0.3, 0.4) is 0 Å². The van der Waals surface area contributed by atoms with Crippen molar-refractivity contribution in [3.63, 3.8) is 0 Å². The lowest BCUT2D eigenvalue weighted by Gasteiger charge is -2.07. The average molecular weight is 420 g/mol. The molecule has 2 aromatic carbocycles. The highest BCUT2D eigenvalue weighted by Gasteiger charge is 2.13. The van der Waals surface area contributed by atoms with Gasteiger partial charge in [-0.15, -0.1) is 22.7 Å². The molecule has 4 nitrogen and oxygen atoms in total. The Morgan fingerprint density at radius 2 is 1.55 bits per heavy atom. The van der Waals surface area contributed by atoms with Crippen molar-refractivity contribution < 1.29 is 14.3 Å². The first-order chi connectivity index (χ1) is 14.2. The zero-order valence-corrected chi connectivity index (χ0v) is 17.0. The number of carbonyl (C=O) groups is 2. The first-order valence-electron chi connectivity index (χ1n) is 8.97. The Kier molecular flexibility index (Phi) is 5.84. The van der Waals surface area contributed by atoms with Crippen LogP contribution < -0.4 is 10.1 Å². The van der Waals surface area contributed by atoms with Crippen LogP contribution in [0.2, 0.25) is 0 Å². The molecule has 0 unspecified atom stereocenters. The highest BCUT2D eigenvalue weighted by Crippen LogP contribution is 2.23. The van der Waals surface area contributed by atoms with E-state index in [-0.39, 0.29) is 11.7 Å². The van der Waals surface area contributed by atoms with E-state index >= 15 is 0 Å². The maximum atomic E-state index is 12.4. The Morgan fingerprint density at radius 3 is 2.28 bits per heavy atom. The first-order valence-corrected chi connectivity index (χ1v) is 10.7. The van der Waals surface area contributed by atoms with Gasteiger partial charge in [-0.25, -0.2) is 0 Å². The summed E-state index contributed by atoms with van der Waals surface area (Å²) in [4.78, 5) is 27.1. The summed E-state index contributed by atoms with van der Waals surface area (Å²) in [5.41, 5.74) is 0.553. The fourth-order valence-electron chi connectivity index (χ4n) is 2.69. The van der Waals surface area contributed by atoms with Crippen LogP contribution in [-0.2, 0) is 6.54 Å². The second kappa shape index (κ2) is 8.86. The van der Waals surface area contributed by atoms with Crippen molar-refractivity contribution in [3.8, 4) is 11.5 Å². The molecule has 0 aliphatic carbocycles. The van der Waals surface area contributed by atoms with Crippen molar-refractivity contribution >= 4 is 34.4 Å². The van der Waals surface area contributed by atoms with Gasteiger partial charge in [0, 0.05) is 10.4 Å². The van der Waals surface area contributed by atoms with Gasteiger partial charge in [0.2, 0.25) is 5.78 Å². The van der Waals surface area contributed by atoms with Crippen LogP contribution in [0.1, 0.15) is 29.8 Å². The van der Waals surface area contributed by atoms with E-state index in [2.05, 4.69) is 5.32 Å². The second-order valence-electron chi connectivity index (χ2n) is 6.19. The fourth-order valence-corrected chi connectivity index (χ4v) is 4.34. The average Bonchev–Trinajstić information content (AvgIpc) is 3.45. The molecule has 4 aromatic rings. The second-order valence-corrected chi connectivity index (χ2v) is 8.31. The molecule has 0 atom stereocenters. The number of nitrogens with one attached hydrogen (secondary N) is 1. The maximum absolute atomic E-state index is 12.4. The number of thiophene rings is 2. The predicted molar refractivity (Wildman–Crippen MR) is 116 cm³/mol. The van der Waals surface area contributed by atoms with Crippen LogP contribution in [0.5, 0.6) is 11.5 Å². The molecule has 2 aromatic heterocycles. The molecule has 0 saturated heterocycles. The summed E-state index contributed by atoms with van der Waals surface area (Å²) in [5, 5.41) is 4.78. The van der Waals surface area contributed by atoms with Gasteiger partial charge in [-0.1, -0.05) is 24.3 Å². The number of ether oxygens (including phenoxy) is 1. The molecular weight excluding hydrogens is 402 g/mol. The van der Waals surface area contributed by atoms with Crippen molar-refractivity contribution in [2.24, 2.45) is 0 Å². The van der Waals surface area contributed by atoms with Crippen molar-refractivity contribution in [2.45, 2.75) is 6.54 Å². The van der Waals surface area contributed by atoms with Crippen LogP contribution in [0, 0.1) is 0 Å².